The molecule has 0 radical (unpaired) electrons. The van der Waals surface area contributed by atoms with E-state index in [2.05, 4.69) is 0 Å². The fraction of sp³-hybridized carbons (Fsp3) is 0.438. The van der Waals surface area contributed by atoms with Gasteiger partial charge in [-0.3, -0.25) is 19.4 Å². The Kier molecular flexibility index (Phi) is 3.39. The van der Waals surface area contributed by atoms with Crippen LogP contribution in [0.25, 0.3) is 0 Å². The number of hydrogen-bond acceptors (Lipinski definition) is 5. The van der Waals surface area contributed by atoms with Crippen LogP contribution in [0.15, 0.2) is 30.3 Å². The number of nitrogens with zero attached hydrogens (tertiary/aromatic N) is 2. The maximum absolute atomic E-state index is 12.7. The smallest absolute Gasteiger partial charge is 0.333 e. The van der Waals surface area contributed by atoms with Crippen LogP contribution in [0.1, 0.15) is 11.5 Å². The fourth-order valence-corrected chi connectivity index (χ4v) is 2.77. The molecule has 7 nitrogen and oxygen atoms in total. The Morgan fingerprint density at radius 1 is 0.870 bits per heavy atom. The third-order valence-corrected chi connectivity index (χ3v) is 4.20. The van der Waals surface area contributed by atoms with Crippen molar-refractivity contribution >= 4 is 17.8 Å². The molecule has 23 heavy (non-hydrogen) atoms. The van der Waals surface area contributed by atoms with Crippen molar-refractivity contribution in [1.29, 1.82) is 0 Å². The number of rotatable bonds is 5. The predicted octanol–water partition coefficient (Wildman–Crippen LogP) is 0.359. The minimum absolute atomic E-state index is 0.119. The van der Waals surface area contributed by atoms with Crippen LogP contribution >= 0.6 is 0 Å². The Morgan fingerprint density at radius 2 is 1.35 bits per heavy atom. The molecule has 3 fully saturated rings. The van der Waals surface area contributed by atoms with E-state index in [1.54, 1.807) is 24.3 Å². The zero-order chi connectivity index (χ0) is 16.0. The first-order valence-electron chi connectivity index (χ1n) is 7.60. The fourth-order valence-electron chi connectivity index (χ4n) is 2.77. The molecule has 2 atom stereocenters. The Balaban J connectivity index is 1.66. The molecule has 1 aromatic rings. The molecule has 3 aliphatic rings. The monoisotopic (exact) mass is 316 g/mol. The van der Waals surface area contributed by atoms with Crippen molar-refractivity contribution in [3.63, 3.8) is 0 Å². The highest BCUT2D eigenvalue weighted by Gasteiger charge is 2.49. The topological polar surface area (TPSA) is 82.8 Å². The molecule has 4 amide bonds. The van der Waals surface area contributed by atoms with Gasteiger partial charge >= 0.3 is 6.03 Å². The van der Waals surface area contributed by atoms with Crippen molar-refractivity contribution < 1.29 is 23.9 Å². The van der Waals surface area contributed by atoms with Crippen LogP contribution < -0.4 is 0 Å². The van der Waals surface area contributed by atoms with Crippen molar-refractivity contribution in [2.24, 2.45) is 0 Å². The summed E-state index contributed by atoms with van der Waals surface area (Å²) in [5.74, 6) is -1.93. The molecular formula is C16H16N2O5. The van der Waals surface area contributed by atoms with Gasteiger partial charge in [-0.15, -0.1) is 0 Å². The maximum atomic E-state index is 12.7. The van der Waals surface area contributed by atoms with Crippen LogP contribution in [-0.2, 0) is 19.1 Å². The van der Waals surface area contributed by atoms with E-state index in [9.17, 15) is 14.4 Å². The van der Waals surface area contributed by atoms with Gasteiger partial charge in [0.1, 0.15) is 5.92 Å². The van der Waals surface area contributed by atoms with Crippen LogP contribution in [0.3, 0.4) is 0 Å². The second kappa shape index (κ2) is 5.43. The molecule has 120 valence electrons. The van der Waals surface area contributed by atoms with Crippen LogP contribution in [0.4, 0.5) is 4.79 Å². The molecule has 7 heteroatoms. The van der Waals surface area contributed by atoms with E-state index in [1.165, 1.54) is 0 Å². The van der Waals surface area contributed by atoms with Crippen LogP contribution in [0, 0.1) is 0 Å². The molecule has 0 N–H and O–H groups in total. The number of urea groups is 1. The van der Waals surface area contributed by atoms with Gasteiger partial charge in [-0.2, -0.15) is 0 Å². The summed E-state index contributed by atoms with van der Waals surface area (Å²) in [5, 5.41) is 0. The van der Waals surface area contributed by atoms with Crippen molar-refractivity contribution in [3.8, 4) is 0 Å². The Bertz CT molecular complexity index is 618. The third kappa shape index (κ3) is 2.73. The van der Waals surface area contributed by atoms with Gasteiger partial charge < -0.3 is 9.47 Å². The average Bonchev–Trinajstić information content (AvgIpc) is 3.45. The van der Waals surface area contributed by atoms with E-state index in [-0.39, 0.29) is 25.3 Å². The van der Waals surface area contributed by atoms with Crippen molar-refractivity contribution in [2.75, 3.05) is 26.3 Å². The summed E-state index contributed by atoms with van der Waals surface area (Å²) in [7, 11) is 0. The molecule has 0 saturated carbocycles. The lowest BCUT2D eigenvalue weighted by Gasteiger charge is -2.36. The molecule has 1 aromatic carbocycles. The molecule has 3 saturated heterocycles. The van der Waals surface area contributed by atoms with Crippen LogP contribution in [-0.4, -0.2) is 66.2 Å². The first kappa shape index (κ1) is 14.3. The number of benzene rings is 1. The number of carbonyl (C=O) groups is 3. The van der Waals surface area contributed by atoms with Gasteiger partial charge in [0.2, 0.25) is 11.8 Å². The van der Waals surface area contributed by atoms with E-state index in [0.717, 1.165) is 9.80 Å². The number of epoxide rings is 2. The molecule has 0 bridgehead atoms. The summed E-state index contributed by atoms with van der Waals surface area (Å²) >= 11 is 0. The first-order valence-corrected chi connectivity index (χ1v) is 7.60. The largest absolute Gasteiger partial charge is 0.371 e. The van der Waals surface area contributed by atoms with Crippen LogP contribution in [0.2, 0.25) is 0 Å². The lowest BCUT2D eigenvalue weighted by Crippen LogP contribution is -2.60. The van der Waals surface area contributed by atoms with Gasteiger partial charge in [0.15, 0.2) is 0 Å². The number of amides is 4. The number of barbiturate groups is 1. The minimum atomic E-state index is -0.980. The molecular weight excluding hydrogens is 300 g/mol. The number of hydrogen-bond donors (Lipinski definition) is 0. The Morgan fingerprint density at radius 3 is 1.78 bits per heavy atom. The minimum Gasteiger partial charge on any atom is -0.371 e. The van der Waals surface area contributed by atoms with Gasteiger partial charge in [0.25, 0.3) is 0 Å². The molecule has 0 spiro atoms. The summed E-state index contributed by atoms with van der Waals surface area (Å²) in [6.07, 6.45) is -0.238. The highest BCUT2D eigenvalue weighted by atomic mass is 16.6. The first-order chi connectivity index (χ1) is 11.1. The van der Waals surface area contributed by atoms with E-state index in [1.807, 2.05) is 6.07 Å². The van der Waals surface area contributed by atoms with Crippen molar-refractivity contribution in [3.05, 3.63) is 35.9 Å². The normalized spacial score (nSPS) is 29.9. The van der Waals surface area contributed by atoms with Gasteiger partial charge in [-0.05, 0) is 5.56 Å². The Hall–Kier alpha value is -2.25. The summed E-state index contributed by atoms with van der Waals surface area (Å²) in [5.41, 5.74) is 0.596. The maximum Gasteiger partial charge on any atom is 0.333 e. The molecule has 3 aliphatic heterocycles. The highest BCUT2D eigenvalue weighted by molar-refractivity contribution is 6.19. The van der Waals surface area contributed by atoms with Gasteiger partial charge in [0.05, 0.1) is 38.5 Å². The van der Waals surface area contributed by atoms with E-state index in [0.29, 0.717) is 18.8 Å². The molecule has 2 unspecified atom stereocenters. The summed E-state index contributed by atoms with van der Waals surface area (Å²) in [4.78, 5) is 40.3. The number of carbonyl (C=O) groups excluding carboxylic acids is 3. The second-order valence-electron chi connectivity index (χ2n) is 5.93. The molecule has 4 rings (SSSR count). The zero-order valence-electron chi connectivity index (χ0n) is 12.4. The highest BCUT2D eigenvalue weighted by Crippen LogP contribution is 2.29. The molecule has 0 aromatic heterocycles. The van der Waals surface area contributed by atoms with E-state index < -0.39 is 23.8 Å². The lowest BCUT2D eigenvalue weighted by molar-refractivity contribution is -0.145. The van der Waals surface area contributed by atoms with Gasteiger partial charge in [0, 0.05) is 0 Å². The van der Waals surface area contributed by atoms with Crippen LogP contribution in [0.5, 0.6) is 0 Å². The predicted molar refractivity (Wildman–Crippen MR) is 77.5 cm³/mol. The summed E-state index contributed by atoms with van der Waals surface area (Å²) in [6.45, 7) is 1.45. The van der Waals surface area contributed by atoms with Crippen molar-refractivity contribution in [1.82, 2.24) is 9.80 Å². The van der Waals surface area contributed by atoms with Gasteiger partial charge in [-0.1, -0.05) is 30.3 Å². The Labute approximate surface area is 132 Å². The van der Waals surface area contributed by atoms with Gasteiger partial charge in [-0.25, -0.2) is 4.79 Å². The number of imide groups is 2. The lowest BCUT2D eigenvalue weighted by atomic mass is 9.94. The SMILES string of the molecule is O=C1C(c2ccccc2)C(=O)N(CC2CO2)C(=O)N1CC1CO1. The van der Waals surface area contributed by atoms with E-state index in [4.69, 9.17) is 9.47 Å². The van der Waals surface area contributed by atoms with E-state index >= 15 is 0 Å². The molecule has 3 heterocycles. The third-order valence-electron chi connectivity index (χ3n) is 4.20. The molecule has 0 aliphatic carbocycles. The average molecular weight is 316 g/mol. The van der Waals surface area contributed by atoms with Crippen molar-refractivity contribution in [2.45, 2.75) is 18.1 Å². The summed E-state index contributed by atoms with van der Waals surface area (Å²) in [6, 6.07) is 8.25. The number of ether oxygens (including phenoxy) is 2. The standard InChI is InChI=1S/C16H16N2O5/c19-14-13(10-4-2-1-3-5-10)15(20)18(7-12-9-23-12)16(21)17(14)6-11-8-22-11/h1-5,11-13H,6-9H2. The summed E-state index contributed by atoms with van der Waals surface area (Å²) < 4.78 is 10.3. The second-order valence-corrected chi connectivity index (χ2v) is 5.93. The quantitative estimate of drug-likeness (QED) is 0.578. The zero-order valence-corrected chi connectivity index (χ0v) is 12.4.